The molecule has 7 nitrogen and oxygen atoms in total. The lowest BCUT2D eigenvalue weighted by Crippen LogP contribution is -2.33. The predicted octanol–water partition coefficient (Wildman–Crippen LogP) is 1.29. The molecule has 0 saturated heterocycles. The van der Waals surface area contributed by atoms with Crippen LogP contribution in [0.25, 0.3) is 11.0 Å². The van der Waals surface area contributed by atoms with Gasteiger partial charge in [-0.3, -0.25) is 14.2 Å². The average Bonchev–Trinajstić information content (AvgIpc) is 3.09. The van der Waals surface area contributed by atoms with Crippen molar-refractivity contribution in [1.82, 2.24) is 14.9 Å². The lowest BCUT2D eigenvalue weighted by atomic mass is 10.1. The molecule has 2 amide bonds. The molecular weight excluding hydrogens is 308 g/mol. The summed E-state index contributed by atoms with van der Waals surface area (Å²) in [6, 6.07) is 5.12. The lowest BCUT2D eigenvalue weighted by Gasteiger charge is -2.13. The maximum absolute atomic E-state index is 12.5. The summed E-state index contributed by atoms with van der Waals surface area (Å²) in [6.45, 7) is 3.84. The Bertz CT molecular complexity index is 849. The predicted molar refractivity (Wildman–Crippen MR) is 90.7 cm³/mol. The van der Waals surface area contributed by atoms with E-state index in [9.17, 15) is 14.4 Å². The summed E-state index contributed by atoms with van der Waals surface area (Å²) >= 11 is 0. The number of hydrogen-bond acceptors (Lipinski definition) is 3. The van der Waals surface area contributed by atoms with Crippen LogP contribution < -0.4 is 16.7 Å². The molecule has 0 unspecified atom stereocenters. The maximum atomic E-state index is 12.5. The maximum Gasteiger partial charge on any atom is 0.326 e. The Morgan fingerprint density at radius 1 is 1.33 bits per heavy atom. The Hall–Kier alpha value is -2.57. The summed E-state index contributed by atoms with van der Waals surface area (Å²) in [5, 5.41) is 2.96. The summed E-state index contributed by atoms with van der Waals surface area (Å²) in [6.07, 6.45) is 2.05. The Balaban J connectivity index is 1.82. The van der Waals surface area contributed by atoms with Crippen LogP contribution in [0.1, 0.15) is 49.5 Å². The monoisotopic (exact) mass is 330 g/mol. The zero-order valence-electron chi connectivity index (χ0n) is 13.8. The van der Waals surface area contributed by atoms with Crippen LogP contribution in [0.15, 0.2) is 23.0 Å². The van der Waals surface area contributed by atoms with Gasteiger partial charge < -0.3 is 16.0 Å². The highest BCUT2D eigenvalue weighted by atomic mass is 16.2. The van der Waals surface area contributed by atoms with Crippen molar-refractivity contribution in [2.24, 2.45) is 11.7 Å². The van der Waals surface area contributed by atoms with Crippen molar-refractivity contribution in [1.29, 1.82) is 0 Å². The minimum Gasteiger partial charge on any atom is -0.369 e. The first kappa shape index (κ1) is 16.3. The van der Waals surface area contributed by atoms with E-state index in [0.29, 0.717) is 29.4 Å². The zero-order valence-corrected chi connectivity index (χ0v) is 13.8. The number of rotatable bonds is 4. The summed E-state index contributed by atoms with van der Waals surface area (Å²) in [7, 11) is 0. The molecule has 1 saturated carbocycles. The zero-order chi connectivity index (χ0) is 17.4. The van der Waals surface area contributed by atoms with Crippen molar-refractivity contribution in [3.05, 3.63) is 34.2 Å². The molecule has 1 fully saturated rings. The highest BCUT2D eigenvalue weighted by Crippen LogP contribution is 2.25. The second kappa shape index (κ2) is 6.14. The number of benzene rings is 1. The number of amides is 2. The second-order valence-electron chi connectivity index (χ2n) is 6.71. The topological polar surface area (TPSA) is 110 Å². The molecule has 1 aliphatic carbocycles. The molecule has 0 bridgehead atoms. The van der Waals surface area contributed by atoms with Crippen LogP contribution in [0.3, 0.4) is 0 Å². The first-order valence-electron chi connectivity index (χ1n) is 8.21. The number of nitrogens with two attached hydrogens (primary N) is 1. The van der Waals surface area contributed by atoms with Gasteiger partial charge in [0.1, 0.15) is 0 Å². The van der Waals surface area contributed by atoms with E-state index in [-0.39, 0.29) is 35.5 Å². The number of aromatic nitrogens is 2. The van der Waals surface area contributed by atoms with Gasteiger partial charge in [0.15, 0.2) is 0 Å². The molecule has 1 aromatic carbocycles. The van der Waals surface area contributed by atoms with Crippen molar-refractivity contribution in [2.75, 3.05) is 0 Å². The van der Waals surface area contributed by atoms with E-state index in [1.807, 2.05) is 13.8 Å². The van der Waals surface area contributed by atoms with Crippen molar-refractivity contribution in [2.45, 2.75) is 45.2 Å². The van der Waals surface area contributed by atoms with Gasteiger partial charge in [-0.15, -0.1) is 0 Å². The third-order valence-corrected chi connectivity index (χ3v) is 4.67. The van der Waals surface area contributed by atoms with Crippen molar-refractivity contribution >= 4 is 22.8 Å². The highest BCUT2D eigenvalue weighted by Gasteiger charge is 2.29. The molecule has 7 heteroatoms. The molecule has 2 atom stereocenters. The standard InChI is InChI=1S/C17H22N4O3/c1-9(2)21-14-8-11(4-6-13(14)20-17(21)24)16(23)19-12-5-3-10(7-12)15(18)22/h4,6,8-10,12H,3,5,7H2,1-2H3,(H2,18,22)(H,19,23)(H,20,24)/t10-,12+/m0/s1. The largest absolute Gasteiger partial charge is 0.369 e. The van der Waals surface area contributed by atoms with Crippen molar-refractivity contribution in [3.8, 4) is 0 Å². The number of fused-ring (bicyclic) bond motifs is 1. The first-order chi connectivity index (χ1) is 11.4. The number of primary amides is 1. The number of imidazole rings is 1. The molecular formula is C17H22N4O3. The van der Waals surface area contributed by atoms with Gasteiger partial charge in [-0.25, -0.2) is 4.79 Å². The number of aromatic amines is 1. The number of carbonyl (C=O) groups excluding carboxylic acids is 2. The van der Waals surface area contributed by atoms with Gasteiger partial charge in [0.05, 0.1) is 11.0 Å². The van der Waals surface area contributed by atoms with E-state index < -0.39 is 0 Å². The van der Waals surface area contributed by atoms with E-state index in [4.69, 9.17) is 5.73 Å². The Labute approximate surface area is 139 Å². The molecule has 4 N–H and O–H groups in total. The van der Waals surface area contributed by atoms with E-state index >= 15 is 0 Å². The molecule has 0 spiro atoms. The smallest absolute Gasteiger partial charge is 0.326 e. The Morgan fingerprint density at radius 2 is 2.08 bits per heavy atom. The number of nitrogens with one attached hydrogen (secondary N) is 2. The average molecular weight is 330 g/mol. The molecule has 1 aromatic heterocycles. The molecule has 24 heavy (non-hydrogen) atoms. The Morgan fingerprint density at radius 3 is 2.71 bits per heavy atom. The van der Waals surface area contributed by atoms with Crippen LogP contribution >= 0.6 is 0 Å². The summed E-state index contributed by atoms with van der Waals surface area (Å²) in [4.78, 5) is 38.5. The number of hydrogen-bond donors (Lipinski definition) is 3. The van der Waals surface area contributed by atoms with Gasteiger partial charge in [0, 0.05) is 23.6 Å². The SMILES string of the molecule is CC(C)n1c(=O)[nH]c2ccc(C(=O)N[C@@H]3CC[C@H](C(N)=O)C3)cc21. The number of H-pyrrole nitrogens is 1. The van der Waals surface area contributed by atoms with E-state index in [1.165, 1.54) is 0 Å². The van der Waals surface area contributed by atoms with Crippen LogP contribution in [0.4, 0.5) is 0 Å². The van der Waals surface area contributed by atoms with Gasteiger partial charge in [0.2, 0.25) is 5.91 Å². The normalized spacial score (nSPS) is 20.6. The third-order valence-electron chi connectivity index (χ3n) is 4.67. The molecule has 128 valence electrons. The second-order valence-corrected chi connectivity index (χ2v) is 6.71. The molecule has 0 radical (unpaired) electrons. The minimum absolute atomic E-state index is 0.00396. The van der Waals surface area contributed by atoms with E-state index in [0.717, 1.165) is 6.42 Å². The Kier molecular flexibility index (Phi) is 4.17. The number of nitrogens with zero attached hydrogens (tertiary/aromatic N) is 1. The fourth-order valence-electron chi connectivity index (χ4n) is 3.42. The summed E-state index contributed by atoms with van der Waals surface area (Å²) in [5.74, 6) is -0.661. The van der Waals surface area contributed by atoms with E-state index in [1.54, 1.807) is 22.8 Å². The molecule has 2 aromatic rings. The van der Waals surface area contributed by atoms with Crippen LogP contribution in [0.2, 0.25) is 0 Å². The summed E-state index contributed by atoms with van der Waals surface area (Å²) < 4.78 is 1.63. The quantitative estimate of drug-likeness (QED) is 0.785. The van der Waals surface area contributed by atoms with Gasteiger partial charge in [-0.05, 0) is 51.3 Å². The fraction of sp³-hybridized carbons (Fsp3) is 0.471. The third kappa shape index (κ3) is 2.93. The minimum atomic E-state index is -0.304. The number of carbonyl (C=O) groups is 2. The first-order valence-corrected chi connectivity index (χ1v) is 8.21. The van der Waals surface area contributed by atoms with Crippen LogP contribution in [-0.2, 0) is 4.79 Å². The van der Waals surface area contributed by atoms with Crippen LogP contribution in [0, 0.1) is 5.92 Å². The lowest BCUT2D eigenvalue weighted by molar-refractivity contribution is -0.121. The van der Waals surface area contributed by atoms with Crippen molar-refractivity contribution in [3.63, 3.8) is 0 Å². The van der Waals surface area contributed by atoms with Crippen LogP contribution in [-0.4, -0.2) is 27.4 Å². The van der Waals surface area contributed by atoms with Gasteiger partial charge in [-0.2, -0.15) is 0 Å². The molecule has 1 aliphatic rings. The van der Waals surface area contributed by atoms with E-state index in [2.05, 4.69) is 10.3 Å². The van der Waals surface area contributed by atoms with Gasteiger partial charge in [-0.1, -0.05) is 0 Å². The molecule has 1 heterocycles. The fourth-order valence-corrected chi connectivity index (χ4v) is 3.42. The molecule has 0 aliphatic heterocycles. The van der Waals surface area contributed by atoms with Crippen molar-refractivity contribution < 1.29 is 9.59 Å². The van der Waals surface area contributed by atoms with Gasteiger partial charge in [0.25, 0.3) is 5.91 Å². The van der Waals surface area contributed by atoms with Gasteiger partial charge >= 0.3 is 5.69 Å². The van der Waals surface area contributed by atoms with Crippen LogP contribution in [0.5, 0.6) is 0 Å². The highest BCUT2D eigenvalue weighted by molar-refractivity contribution is 5.97. The summed E-state index contributed by atoms with van der Waals surface area (Å²) in [5.41, 5.74) is 7.06. The molecule has 3 rings (SSSR count).